The van der Waals surface area contributed by atoms with E-state index in [4.69, 9.17) is 0 Å². The molecule has 2 aromatic heterocycles. The van der Waals surface area contributed by atoms with Gasteiger partial charge >= 0.3 is 0 Å². The maximum Gasteiger partial charge on any atom is 0.162 e. The van der Waals surface area contributed by atoms with Crippen molar-refractivity contribution in [1.29, 1.82) is 31.6 Å². The zero-order valence-electron chi connectivity index (χ0n) is 19.2. The van der Waals surface area contributed by atoms with E-state index >= 15 is 0 Å². The zero-order chi connectivity index (χ0) is 27.5. The third kappa shape index (κ3) is 2.78. The summed E-state index contributed by atoms with van der Waals surface area (Å²) in [7, 11) is 0. The Balaban J connectivity index is 2.14. The zero-order valence-corrected chi connectivity index (χ0v) is 19.2. The summed E-state index contributed by atoms with van der Waals surface area (Å²) in [6.45, 7) is 3.30. The van der Waals surface area contributed by atoms with Gasteiger partial charge in [-0.15, -0.1) is 0 Å². The maximum atomic E-state index is 15.0. The summed E-state index contributed by atoms with van der Waals surface area (Å²) in [6, 6.07) is 9.98. The summed E-state index contributed by atoms with van der Waals surface area (Å²) >= 11 is 0. The Morgan fingerprint density at radius 1 is 0.395 bits per heavy atom. The number of benzene rings is 3. The molecule has 174 valence electrons. The van der Waals surface area contributed by atoms with Crippen LogP contribution in [0.15, 0.2) is 0 Å². The molecule has 0 amide bonds. The summed E-state index contributed by atoms with van der Waals surface area (Å²) in [4.78, 5) is 17.7. The first kappa shape index (κ1) is 23.4. The molecule has 2 heterocycles. The highest BCUT2D eigenvalue weighted by Gasteiger charge is 2.27. The predicted molar refractivity (Wildman–Crippen MR) is 125 cm³/mol. The van der Waals surface area contributed by atoms with Crippen LogP contribution in [0.5, 0.6) is 0 Å². The molecule has 5 rings (SSSR count). The van der Waals surface area contributed by atoms with Crippen LogP contribution < -0.4 is 0 Å². The number of nitriles is 6. The molecule has 38 heavy (non-hydrogen) atoms. The van der Waals surface area contributed by atoms with Crippen LogP contribution in [0.2, 0.25) is 0 Å². The van der Waals surface area contributed by atoms with Crippen LogP contribution in [0, 0.1) is 93.5 Å². The molecule has 12 heteroatoms. The fraction of sp³-hybridized carbons (Fsp3) is 0.0769. The molecule has 0 saturated carbocycles. The summed E-state index contributed by atoms with van der Waals surface area (Å²) in [5, 5.41) is 57.4. The van der Waals surface area contributed by atoms with Gasteiger partial charge in [-0.1, -0.05) is 0 Å². The minimum atomic E-state index is -1.23. The second-order valence-electron chi connectivity index (χ2n) is 8.03. The molecule has 0 spiro atoms. The number of nitrogens with zero attached hydrogens (tertiary/aromatic N) is 10. The lowest BCUT2D eigenvalue weighted by atomic mass is 9.99. The fourth-order valence-corrected chi connectivity index (χ4v) is 4.32. The normalized spacial score (nSPS) is 10.5. The Morgan fingerprint density at radius 2 is 0.658 bits per heavy atom. The van der Waals surface area contributed by atoms with Crippen LogP contribution in [0.25, 0.3) is 44.1 Å². The topological polar surface area (TPSA) is 194 Å². The monoisotopic (exact) mass is 496 g/mol. The van der Waals surface area contributed by atoms with E-state index in [1.54, 1.807) is 50.3 Å². The second-order valence-corrected chi connectivity index (χ2v) is 8.03. The Labute approximate surface area is 211 Å². The number of halogens is 2. The molecule has 10 nitrogen and oxygen atoms in total. The lowest BCUT2D eigenvalue weighted by molar-refractivity contribution is 0.621. The van der Waals surface area contributed by atoms with Crippen molar-refractivity contribution in [3.05, 3.63) is 56.1 Å². The third-order valence-corrected chi connectivity index (χ3v) is 6.28. The van der Waals surface area contributed by atoms with Crippen molar-refractivity contribution >= 4 is 44.1 Å². The highest BCUT2D eigenvalue weighted by Crippen LogP contribution is 2.35. The highest BCUT2D eigenvalue weighted by molar-refractivity contribution is 6.09. The molecule has 0 fully saturated rings. The largest absolute Gasteiger partial charge is 0.243 e. The van der Waals surface area contributed by atoms with Gasteiger partial charge in [-0.25, -0.2) is 28.7 Å². The van der Waals surface area contributed by atoms with Gasteiger partial charge in [-0.05, 0) is 25.0 Å². The van der Waals surface area contributed by atoms with Crippen LogP contribution in [0.4, 0.5) is 8.78 Å². The van der Waals surface area contributed by atoms with Gasteiger partial charge in [0.15, 0.2) is 11.6 Å². The summed E-state index contributed by atoms with van der Waals surface area (Å²) in [6.07, 6.45) is 0. The minimum Gasteiger partial charge on any atom is -0.243 e. The van der Waals surface area contributed by atoms with Crippen molar-refractivity contribution in [2.75, 3.05) is 0 Å². The van der Waals surface area contributed by atoms with Crippen LogP contribution in [-0.2, 0) is 0 Å². The lowest BCUT2D eigenvalue weighted by Gasteiger charge is -2.14. The molecule has 0 aliphatic rings. The predicted octanol–water partition coefficient (Wildman–Crippen LogP) is 4.00. The first-order chi connectivity index (χ1) is 18.3. The van der Waals surface area contributed by atoms with Gasteiger partial charge < -0.3 is 0 Å². The van der Waals surface area contributed by atoms with Crippen molar-refractivity contribution in [3.8, 4) is 36.4 Å². The Kier molecular flexibility index (Phi) is 5.00. The minimum absolute atomic E-state index is 0.0136. The number of aromatic nitrogens is 4. The van der Waals surface area contributed by atoms with E-state index in [1.165, 1.54) is 0 Å². The molecule has 0 radical (unpaired) electrons. The molecule has 0 saturated heterocycles. The van der Waals surface area contributed by atoms with E-state index < -0.39 is 45.0 Å². The molecule has 0 unspecified atom stereocenters. The third-order valence-electron chi connectivity index (χ3n) is 6.28. The first-order valence-electron chi connectivity index (χ1n) is 10.5. The highest BCUT2D eigenvalue weighted by atomic mass is 19.1. The molecule has 0 atom stereocenters. The summed E-state index contributed by atoms with van der Waals surface area (Å²) in [5.74, 6) is -2.42. The molecule has 5 aromatic rings. The second kappa shape index (κ2) is 8.11. The smallest absolute Gasteiger partial charge is 0.162 e. The van der Waals surface area contributed by atoms with E-state index in [1.807, 2.05) is 0 Å². The first-order valence-corrected chi connectivity index (χ1v) is 10.5. The van der Waals surface area contributed by atoms with E-state index in [2.05, 4.69) is 19.9 Å². The van der Waals surface area contributed by atoms with Crippen molar-refractivity contribution in [2.45, 2.75) is 13.8 Å². The van der Waals surface area contributed by atoms with Crippen molar-refractivity contribution in [2.24, 2.45) is 0 Å². The van der Waals surface area contributed by atoms with Crippen LogP contribution in [0.3, 0.4) is 0 Å². The number of rotatable bonds is 0. The Morgan fingerprint density at radius 3 is 0.947 bits per heavy atom. The quantitative estimate of drug-likeness (QED) is 0.223. The van der Waals surface area contributed by atoms with Gasteiger partial charge in [0.2, 0.25) is 0 Å². The lowest BCUT2D eigenvalue weighted by Crippen LogP contribution is -2.06. The Hall–Kier alpha value is -6.34. The molecule has 0 aliphatic heterocycles. The molecule has 0 bridgehead atoms. The van der Waals surface area contributed by atoms with E-state index in [9.17, 15) is 40.4 Å². The SMILES string of the molecule is Cc1c(C)c2nc3c(C#N)c(F)c(C#N)c(C#N)c3nc2c2nc3c(C#N)c(F)c(C#N)c(C#N)c3nc12. The fourth-order valence-electron chi connectivity index (χ4n) is 4.32. The molecule has 0 N–H and O–H groups in total. The molecular weight excluding hydrogens is 490 g/mol. The average molecular weight is 496 g/mol. The van der Waals surface area contributed by atoms with E-state index in [-0.39, 0.29) is 44.1 Å². The average Bonchev–Trinajstić information content (AvgIpc) is 2.93. The van der Waals surface area contributed by atoms with Gasteiger partial charge in [-0.3, -0.25) is 0 Å². The van der Waals surface area contributed by atoms with Crippen molar-refractivity contribution < 1.29 is 8.78 Å². The number of fused-ring (bicyclic) bond motifs is 5. The van der Waals surface area contributed by atoms with Crippen LogP contribution in [-0.4, -0.2) is 19.9 Å². The van der Waals surface area contributed by atoms with Crippen molar-refractivity contribution in [1.82, 2.24) is 19.9 Å². The van der Waals surface area contributed by atoms with Gasteiger partial charge in [-0.2, -0.15) is 31.6 Å². The molecule has 3 aromatic carbocycles. The van der Waals surface area contributed by atoms with Crippen LogP contribution >= 0.6 is 0 Å². The molecular formula is C26H6F2N10. The van der Waals surface area contributed by atoms with Gasteiger partial charge in [0.1, 0.15) is 103 Å². The summed E-state index contributed by atoms with van der Waals surface area (Å²) < 4.78 is 29.9. The maximum absolute atomic E-state index is 15.0. The van der Waals surface area contributed by atoms with Gasteiger partial charge in [0.25, 0.3) is 0 Å². The van der Waals surface area contributed by atoms with Crippen molar-refractivity contribution in [3.63, 3.8) is 0 Å². The Bertz CT molecular complexity index is 2250. The van der Waals surface area contributed by atoms with Gasteiger partial charge in [0.05, 0.1) is 11.0 Å². The summed E-state index contributed by atoms with van der Waals surface area (Å²) in [5.41, 5.74) is -2.88. The molecule has 0 aliphatic carbocycles. The standard InChI is InChI=1S/C26H6F2N10/c1-9-10(2)20-25(37-22-14(6-32)12(4-30)17(27)15(7-33)23(22)36-20)26-19(9)35-21-13(5-31)11(3-29)18(28)16(8-34)24(21)38-26/h1-2H3. The number of aryl methyl sites for hydroxylation is 2. The number of hydrogen-bond acceptors (Lipinski definition) is 10. The van der Waals surface area contributed by atoms with Crippen LogP contribution in [0.1, 0.15) is 44.5 Å². The van der Waals surface area contributed by atoms with E-state index in [0.29, 0.717) is 11.1 Å². The number of hydrogen-bond donors (Lipinski definition) is 0. The van der Waals surface area contributed by atoms with Gasteiger partial charge in [0, 0.05) is 0 Å². The van der Waals surface area contributed by atoms with E-state index in [0.717, 1.165) is 0 Å².